The SMILES string of the molecule is CC(N)Cc1ccc(O)cc1.CCN(Cc1ccncc1)C(=O)C(CO)c1ccccc1. The van der Waals surface area contributed by atoms with Gasteiger partial charge in [0.2, 0.25) is 5.91 Å². The number of hydrogen-bond donors (Lipinski definition) is 3. The third-order valence-electron chi connectivity index (χ3n) is 4.99. The highest BCUT2D eigenvalue weighted by atomic mass is 16.3. The van der Waals surface area contributed by atoms with Gasteiger partial charge < -0.3 is 20.8 Å². The first-order chi connectivity index (χ1) is 15.4. The van der Waals surface area contributed by atoms with E-state index in [1.165, 1.54) is 0 Å². The van der Waals surface area contributed by atoms with E-state index in [4.69, 9.17) is 10.8 Å². The highest BCUT2D eigenvalue weighted by molar-refractivity contribution is 5.83. The third kappa shape index (κ3) is 8.13. The lowest BCUT2D eigenvalue weighted by Gasteiger charge is -2.25. The lowest BCUT2D eigenvalue weighted by atomic mass is 9.98. The number of likely N-dealkylation sites (N-methyl/N-ethyl adjacent to an activating group) is 1. The molecule has 0 aliphatic rings. The predicted octanol–water partition coefficient (Wildman–Crippen LogP) is 3.49. The van der Waals surface area contributed by atoms with E-state index in [-0.39, 0.29) is 18.6 Å². The Morgan fingerprint density at radius 2 is 1.62 bits per heavy atom. The van der Waals surface area contributed by atoms with Crippen LogP contribution in [0.15, 0.2) is 79.1 Å². The van der Waals surface area contributed by atoms with Crippen molar-refractivity contribution < 1.29 is 15.0 Å². The zero-order chi connectivity index (χ0) is 23.3. The number of aromatic hydroxyl groups is 1. The molecule has 0 saturated carbocycles. The molecule has 32 heavy (non-hydrogen) atoms. The fourth-order valence-corrected chi connectivity index (χ4v) is 3.29. The largest absolute Gasteiger partial charge is 0.508 e. The standard InChI is InChI=1S/C17H20N2O2.C9H13NO/c1-2-19(12-14-8-10-18-11-9-14)17(21)16(13-20)15-6-4-3-5-7-15;1-7(10)6-8-2-4-9(11)5-3-8/h3-11,16,20H,2,12-13H2,1H3;2-5,7,11H,6,10H2,1H3. The van der Waals surface area contributed by atoms with Crippen LogP contribution in [0.4, 0.5) is 0 Å². The Bertz CT molecular complexity index is 916. The molecule has 0 aliphatic carbocycles. The Kier molecular flexibility index (Phi) is 10.4. The molecule has 1 amide bonds. The first-order valence-electron chi connectivity index (χ1n) is 10.8. The molecule has 0 saturated heterocycles. The van der Waals surface area contributed by atoms with Crippen LogP contribution >= 0.6 is 0 Å². The molecule has 0 spiro atoms. The highest BCUT2D eigenvalue weighted by Crippen LogP contribution is 2.19. The number of aromatic nitrogens is 1. The molecule has 1 heterocycles. The summed E-state index contributed by atoms with van der Waals surface area (Å²) < 4.78 is 0. The van der Waals surface area contributed by atoms with Crippen molar-refractivity contribution in [3.63, 3.8) is 0 Å². The van der Waals surface area contributed by atoms with Crippen molar-refractivity contribution >= 4 is 5.91 Å². The van der Waals surface area contributed by atoms with Crippen molar-refractivity contribution in [2.75, 3.05) is 13.2 Å². The maximum absolute atomic E-state index is 12.7. The van der Waals surface area contributed by atoms with Crippen LogP contribution in [0, 0.1) is 0 Å². The molecule has 1 aromatic heterocycles. The van der Waals surface area contributed by atoms with Gasteiger partial charge in [0.15, 0.2) is 0 Å². The maximum atomic E-state index is 12.7. The first-order valence-corrected chi connectivity index (χ1v) is 10.8. The van der Waals surface area contributed by atoms with E-state index in [2.05, 4.69) is 4.98 Å². The summed E-state index contributed by atoms with van der Waals surface area (Å²) in [7, 11) is 0. The highest BCUT2D eigenvalue weighted by Gasteiger charge is 2.24. The number of benzene rings is 2. The van der Waals surface area contributed by atoms with Crippen LogP contribution in [-0.2, 0) is 17.8 Å². The molecule has 2 atom stereocenters. The van der Waals surface area contributed by atoms with Crippen LogP contribution in [-0.4, -0.2) is 45.2 Å². The van der Waals surface area contributed by atoms with Gasteiger partial charge in [0.25, 0.3) is 0 Å². The maximum Gasteiger partial charge on any atom is 0.232 e. The molecule has 2 aromatic carbocycles. The Morgan fingerprint density at radius 1 is 1.00 bits per heavy atom. The van der Waals surface area contributed by atoms with Gasteiger partial charge in [-0.1, -0.05) is 42.5 Å². The summed E-state index contributed by atoms with van der Waals surface area (Å²) in [5.74, 6) is -0.255. The van der Waals surface area contributed by atoms with Crippen LogP contribution in [0.25, 0.3) is 0 Å². The minimum Gasteiger partial charge on any atom is -0.508 e. The summed E-state index contributed by atoms with van der Waals surface area (Å²) in [6.07, 6.45) is 4.29. The number of phenols is 1. The summed E-state index contributed by atoms with van der Waals surface area (Å²) in [5.41, 5.74) is 8.64. The summed E-state index contributed by atoms with van der Waals surface area (Å²) in [4.78, 5) is 18.4. The zero-order valence-electron chi connectivity index (χ0n) is 18.8. The Labute approximate surface area is 190 Å². The molecule has 0 aliphatic heterocycles. The second-order valence-electron chi connectivity index (χ2n) is 7.70. The fourth-order valence-electron chi connectivity index (χ4n) is 3.29. The first kappa shape index (κ1) is 25.0. The van der Waals surface area contributed by atoms with Gasteiger partial charge in [-0.15, -0.1) is 0 Å². The summed E-state index contributed by atoms with van der Waals surface area (Å²) >= 11 is 0. The van der Waals surface area contributed by atoms with Gasteiger partial charge in [-0.2, -0.15) is 0 Å². The summed E-state index contributed by atoms with van der Waals surface area (Å²) in [5, 5.41) is 18.6. The number of rotatable bonds is 8. The van der Waals surface area contributed by atoms with Gasteiger partial charge in [-0.3, -0.25) is 9.78 Å². The van der Waals surface area contributed by atoms with E-state index >= 15 is 0 Å². The van der Waals surface area contributed by atoms with Crippen LogP contribution in [0.5, 0.6) is 5.75 Å². The van der Waals surface area contributed by atoms with E-state index in [0.29, 0.717) is 18.8 Å². The molecule has 170 valence electrons. The molecule has 0 fully saturated rings. The topological polar surface area (TPSA) is 99.7 Å². The smallest absolute Gasteiger partial charge is 0.232 e. The number of aliphatic hydroxyl groups excluding tert-OH is 1. The second-order valence-corrected chi connectivity index (χ2v) is 7.70. The number of nitrogens with zero attached hydrogens (tertiary/aromatic N) is 2. The van der Waals surface area contributed by atoms with E-state index in [0.717, 1.165) is 23.1 Å². The Morgan fingerprint density at radius 3 is 2.16 bits per heavy atom. The quantitative estimate of drug-likeness (QED) is 0.503. The summed E-state index contributed by atoms with van der Waals surface area (Å²) in [6, 6.07) is 20.5. The molecule has 0 bridgehead atoms. The van der Waals surface area contributed by atoms with E-state index in [1.54, 1.807) is 29.4 Å². The van der Waals surface area contributed by atoms with Crippen molar-refractivity contribution in [1.29, 1.82) is 0 Å². The molecule has 3 aromatic rings. The molecule has 4 N–H and O–H groups in total. The number of carbonyl (C=O) groups excluding carboxylic acids is 1. The minimum absolute atomic E-state index is 0.0528. The number of pyridine rings is 1. The van der Waals surface area contributed by atoms with Crippen LogP contribution in [0.2, 0.25) is 0 Å². The van der Waals surface area contributed by atoms with Gasteiger partial charge in [-0.05, 0) is 61.2 Å². The number of hydrogen-bond acceptors (Lipinski definition) is 5. The van der Waals surface area contributed by atoms with E-state index in [1.807, 2.05) is 68.4 Å². The molecule has 6 heteroatoms. The molecule has 6 nitrogen and oxygen atoms in total. The van der Waals surface area contributed by atoms with E-state index < -0.39 is 5.92 Å². The lowest BCUT2D eigenvalue weighted by Crippen LogP contribution is -2.36. The van der Waals surface area contributed by atoms with Crippen molar-refractivity contribution in [1.82, 2.24) is 9.88 Å². The summed E-state index contributed by atoms with van der Waals surface area (Å²) in [6.45, 7) is 4.85. The van der Waals surface area contributed by atoms with Crippen LogP contribution < -0.4 is 5.73 Å². The number of phenolic OH excluding ortho intramolecular Hbond substituents is 1. The fraction of sp³-hybridized carbons (Fsp3) is 0.308. The minimum atomic E-state index is -0.506. The monoisotopic (exact) mass is 435 g/mol. The normalized spacial score (nSPS) is 12.2. The van der Waals surface area contributed by atoms with E-state index in [9.17, 15) is 9.90 Å². The van der Waals surface area contributed by atoms with Gasteiger partial charge in [0, 0.05) is 31.5 Å². The molecule has 0 radical (unpaired) electrons. The average Bonchev–Trinajstić information content (AvgIpc) is 2.81. The molecule has 3 rings (SSSR count). The molecular weight excluding hydrogens is 402 g/mol. The van der Waals surface area contributed by atoms with Crippen LogP contribution in [0.1, 0.15) is 36.5 Å². The lowest BCUT2D eigenvalue weighted by molar-refractivity contribution is -0.134. The van der Waals surface area contributed by atoms with Crippen LogP contribution in [0.3, 0.4) is 0 Å². The predicted molar refractivity (Wildman–Crippen MR) is 127 cm³/mol. The van der Waals surface area contributed by atoms with Crippen molar-refractivity contribution in [2.45, 2.75) is 38.8 Å². The second kappa shape index (κ2) is 13.2. The molecular formula is C26H33N3O3. The number of carbonyl (C=O) groups is 1. The van der Waals surface area contributed by atoms with Crippen molar-refractivity contribution in [3.8, 4) is 5.75 Å². The zero-order valence-corrected chi connectivity index (χ0v) is 18.8. The van der Waals surface area contributed by atoms with Crippen molar-refractivity contribution in [3.05, 3.63) is 95.8 Å². The third-order valence-corrected chi connectivity index (χ3v) is 4.99. The average molecular weight is 436 g/mol. The van der Waals surface area contributed by atoms with Gasteiger partial charge in [0.1, 0.15) is 5.75 Å². The number of aliphatic hydroxyl groups is 1. The Balaban J connectivity index is 0.000000278. The van der Waals surface area contributed by atoms with Gasteiger partial charge in [0.05, 0.1) is 12.5 Å². The van der Waals surface area contributed by atoms with Gasteiger partial charge in [-0.25, -0.2) is 0 Å². The number of amides is 1. The Hall–Kier alpha value is -3.22. The number of nitrogens with two attached hydrogens (primary N) is 1. The van der Waals surface area contributed by atoms with Gasteiger partial charge >= 0.3 is 0 Å². The van der Waals surface area contributed by atoms with Crippen molar-refractivity contribution in [2.24, 2.45) is 5.73 Å². The molecule has 2 unspecified atom stereocenters.